The molecule has 0 spiro atoms. The third-order valence-corrected chi connectivity index (χ3v) is 4.92. The highest BCUT2D eigenvalue weighted by molar-refractivity contribution is 6.31. The fourth-order valence-corrected chi connectivity index (χ4v) is 3.22. The first-order valence-corrected chi connectivity index (χ1v) is 9.84. The summed E-state index contributed by atoms with van der Waals surface area (Å²) < 4.78 is 11.3. The lowest BCUT2D eigenvalue weighted by Gasteiger charge is -2.14. The van der Waals surface area contributed by atoms with E-state index in [4.69, 9.17) is 9.47 Å². The normalized spacial score (nSPS) is 14.6. The van der Waals surface area contributed by atoms with Crippen LogP contribution in [0.3, 0.4) is 0 Å². The van der Waals surface area contributed by atoms with E-state index in [-0.39, 0.29) is 5.57 Å². The van der Waals surface area contributed by atoms with Crippen LogP contribution in [-0.4, -0.2) is 18.9 Å². The Morgan fingerprint density at radius 3 is 2.39 bits per heavy atom. The minimum Gasteiger partial charge on any atom is -0.493 e. The topological polar surface area (TPSA) is 67.9 Å². The molecule has 156 valence electrons. The molecule has 0 atom stereocenters. The summed E-state index contributed by atoms with van der Waals surface area (Å²) in [4.78, 5) is 25.1. The molecule has 4 rings (SSSR count). The van der Waals surface area contributed by atoms with Crippen LogP contribution in [0.5, 0.6) is 11.5 Å². The predicted molar refractivity (Wildman–Crippen MR) is 119 cm³/mol. The van der Waals surface area contributed by atoms with Gasteiger partial charge in [-0.2, -0.15) is 0 Å². The van der Waals surface area contributed by atoms with Gasteiger partial charge in [0.25, 0.3) is 11.8 Å². The highest BCUT2D eigenvalue weighted by Crippen LogP contribution is 2.30. The second-order valence-electron chi connectivity index (χ2n) is 7.16. The van der Waals surface area contributed by atoms with Crippen LogP contribution in [-0.2, 0) is 16.2 Å². The number of amides is 2. The number of hydrogen-bond donors (Lipinski definition) is 1. The number of nitrogens with one attached hydrogen (secondary N) is 1. The summed E-state index contributed by atoms with van der Waals surface area (Å²) in [5.41, 5.74) is 6.15. The molecule has 0 saturated carbocycles. The molecule has 2 amide bonds. The minimum absolute atomic E-state index is 0.0548. The van der Waals surface area contributed by atoms with E-state index in [9.17, 15) is 9.59 Å². The number of methoxy groups -OCH3 is 1. The van der Waals surface area contributed by atoms with E-state index in [0.717, 1.165) is 5.56 Å². The molecular formula is C25H22N2O4. The molecule has 0 aliphatic carbocycles. The first-order chi connectivity index (χ1) is 15.0. The molecule has 3 aromatic rings. The molecule has 31 heavy (non-hydrogen) atoms. The number of carbonyl (C=O) groups is 2. The van der Waals surface area contributed by atoms with Gasteiger partial charge in [0.05, 0.1) is 12.8 Å². The van der Waals surface area contributed by atoms with Crippen molar-refractivity contribution in [1.29, 1.82) is 0 Å². The minimum atomic E-state index is -0.451. The highest BCUT2D eigenvalue weighted by Gasteiger charge is 2.34. The number of aryl methyl sites for hydroxylation is 1. The fourth-order valence-electron chi connectivity index (χ4n) is 3.22. The molecule has 0 unspecified atom stereocenters. The van der Waals surface area contributed by atoms with E-state index in [0.29, 0.717) is 29.4 Å². The molecule has 0 bridgehead atoms. The van der Waals surface area contributed by atoms with Gasteiger partial charge in [0.15, 0.2) is 11.5 Å². The van der Waals surface area contributed by atoms with Gasteiger partial charge in [0, 0.05) is 0 Å². The first-order valence-electron chi connectivity index (χ1n) is 9.84. The zero-order valence-corrected chi connectivity index (χ0v) is 17.3. The molecule has 6 nitrogen and oxygen atoms in total. The summed E-state index contributed by atoms with van der Waals surface area (Å²) in [5, 5.41) is 1.24. The molecular weight excluding hydrogens is 392 g/mol. The Bertz CT molecular complexity index is 1140. The smallest absolute Gasteiger partial charge is 0.282 e. The molecule has 3 aromatic carbocycles. The van der Waals surface area contributed by atoms with Crippen molar-refractivity contribution in [2.24, 2.45) is 0 Å². The van der Waals surface area contributed by atoms with Gasteiger partial charge in [0.1, 0.15) is 12.2 Å². The summed E-state index contributed by atoms with van der Waals surface area (Å²) >= 11 is 0. The van der Waals surface area contributed by atoms with E-state index in [1.807, 2.05) is 37.3 Å². The quantitative estimate of drug-likeness (QED) is 0.488. The molecule has 1 N–H and O–H groups in total. The monoisotopic (exact) mass is 414 g/mol. The summed E-state index contributed by atoms with van der Waals surface area (Å²) in [7, 11) is 1.55. The second-order valence-corrected chi connectivity index (χ2v) is 7.16. The fraction of sp³-hybridized carbons (Fsp3) is 0.120. The number of rotatable bonds is 6. The van der Waals surface area contributed by atoms with E-state index >= 15 is 0 Å². The van der Waals surface area contributed by atoms with Crippen molar-refractivity contribution in [2.45, 2.75) is 13.5 Å². The van der Waals surface area contributed by atoms with Crippen molar-refractivity contribution in [1.82, 2.24) is 5.43 Å². The maximum Gasteiger partial charge on any atom is 0.282 e. The Kier molecular flexibility index (Phi) is 5.71. The maximum absolute atomic E-state index is 12.7. The van der Waals surface area contributed by atoms with Crippen molar-refractivity contribution in [3.63, 3.8) is 0 Å². The van der Waals surface area contributed by atoms with Crippen molar-refractivity contribution in [2.75, 3.05) is 12.1 Å². The number of carbonyl (C=O) groups excluding carboxylic acids is 2. The van der Waals surface area contributed by atoms with Crippen LogP contribution in [0.4, 0.5) is 5.69 Å². The second kappa shape index (κ2) is 8.75. The van der Waals surface area contributed by atoms with Crippen molar-refractivity contribution in [3.05, 3.63) is 95.1 Å². The Hall–Kier alpha value is -4.06. The highest BCUT2D eigenvalue weighted by atomic mass is 16.5. The standard InChI is InChI=1S/C25H22N2O4/c1-17-8-10-18(11-9-17)16-31-22-13-12-19(15-23(22)30-2)14-21-24(28)26-27(25(21)29)20-6-4-3-5-7-20/h3-15H,16H2,1-2H3,(H,26,28)/b21-14+. The Morgan fingerprint density at radius 2 is 1.68 bits per heavy atom. The number of benzene rings is 3. The lowest BCUT2D eigenvalue weighted by Crippen LogP contribution is -2.35. The van der Waals surface area contributed by atoms with Gasteiger partial charge in [0.2, 0.25) is 0 Å². The lowest BCUT2D eigenvalue weighted by molar-refractivity contribution is -0.117. The number of nitrogens with zero attached hydrogens (tertiary/aromatic N) is 1. The number of para-hydroxylation sites is 1. The lowest BCUT2D eigenvalue weighted by atomic mass is 10.1. The zero-order valence-electron chi connectivity index (χ0n) is 17.3. The summed E-state index contributed by atoms with van der Waals surface area (Å²) in [6.07, 6.45) is 1.55. The van der Waals surface area contributed by atoms with Gasteiger partial charge in [-0.05, 0) is 48.4 Å². The van der Waals surface area contributed by atoms with Gasteiger partial charge >= 0.3 is 0 Å². The van der Waals surface area contributed by atoms with Crippen LogP contribution >= 0.6 is 0 Å². The van der Waals surface area contributed by atoms with Gasteiger partial charge in [-0.1, -0.05) is 54.1 Å². The maximum atomic E-state index is 12.7. The summed E-state index contributed by atoms with van der Waals surface area (Å²) in [5.74, 6) is 0.243. The van der Waals surface area contributed by atoms with Gasteiger partial charge in [-0.25, -0.2) is 5.01 Å². The first kappa shape index (κ1) is 20.2. The Morgan fingerprint density at radius 1 is 0.935 bits per heavy atom. The van der Waals surface area contributed by atoms with E-state index in [1.54, 1.807) is 55.7 Å². The Labute approximate surface area is 180 Å². The van der Waals surface area contributed by atoms with E-state index in [1.165, 1.54) is 10.6 Å². The van der Waals surface area contributed by atoms with Crippen molar-refractivity contribution >= 4 is 23.6 Å². The third-order valence-electron chi connectivity index (χ3n) is 4.92. The average Bonchev–Trinajstić information content (AvgIpc) is 3.08. The number of hydrazine groups is 1. The molecule has 6 heteroatoms. The average molecular weight is 414 g/mol. The van der Waals surface area contributed by atoms with Gasteiger partial charge in [-0.15, -0.1) is 0 Å². The van der Waals surface area contributed by atoms with Crippen LogP contribution in [0.1, 0.15) is 16.7 Å². The van der Waals surface area contributed by atoms with Crippen LogP contribution in [0.15, 0.2) is 78.4 Å². The van der Waals surface area contributed by atoms with E-state index < -0.39 is 11.8 Å². The SMILES string of the molecule is COc1cc(/C=C2\C(=O)NN(c3ccccc3)C2=O)ccc1OCc1ccc(C)cc1. The third kappa shape index (κ3) is 4.43. The van der Waals surface area contributed by atoms with Gasteiger partial charge < -0.3 is 9.47 Å². The van der Waals surface area contributed by atoms with Crippen LogP contribution in [0.25, 0.3) is 6.08 Å². The molecule has 0 radical (unpaired) electrons. The molecule has 1 heterocycles. The molecule has 0 aromatic heterocycles. The number of anilines is 1. The van der Waals surface area contributed by atoms with Crippen LogP contribution < -0.4 is 19.9 Å². The number of hydrogen-bond acceptors (Lipinski definition) is 4. The molecule has 1 saturated heterocycles. The van der Waals surface area contributed by atoms with Gasteiger partial charge in [-0.3, -0.25) is 15.0 Å². The zero-order chi connectivity index (χ0) is 21.8. The molecule has 1 aliphatic heterocycles. The summed E-state index contributed by atoms with van der Waals surface area (Å²) in [6.45, 7) is 2.44. The van der Waals surface area contributed by atoms with E-state index in [2.05, 4.69) is 5.43 Å². The predicted octanol–water partition coefficient (Wildman–Crippen LogP) is 4.04. The molecule has 1 fully saturated rings. The Balaban J connectivity index is 1.53. The largest absolute Gasteiger partial charge is 0.493 e. The van der Waals surface area contributed by atoms with Crippen molar-refractivity contribution < 1.29 is 19.1 Å². The summed E-state index contributed by atoms with van der Waals surface area (Å²) in [6, 6.07) is 22.4. The molecule has 1 aliphatic rings. The van der Waals surface area contributed by atoms with Crippen LogP contribution in [0.2, 0.25) is 0 Å². The van der Waals surface area contributed by atoms with Crippen LogP contribution in [0, 0.1) is 6.92 Å². The number of ether oxygens (including phenoxy) is 2. The van der Waals surface area contributed by atoms with Crippen molar-refractivity contribution in [3.8, 4) is 11.5 Å².